The molecule has 1 saturated heterocycles. The van der Waals surface area contributed by atoms with E-state index in [-0.39, 0.29) is 11.8 Å². The molecule has 6 nitrogen and oxygen atoms in total. The summed E-state index contributed by atoms with van der Waals surface area (Å²) < 4.78 is 0. The lowest BCUT2D eigenvalue weighted by Crippen LogP contribution is -2.50. The molecule has 0 atom stereocenters. The average Bonchev–Trinajstić information content (AvgIpc) is 2.94. The number of hydrogen-bond acceptors (Lipinski definition) is 3. The maximum atomic E-state index is 12.4. The lowest BCUT2D eigenvalue weighted by molar-refractivity contribution is -0.130. The summed E-state index contributed by atoms with van der Waals surface area (Å²) in [5.74, 6) is 0.0701. The highest BCUT2D eigenvalue weighted by Gasteiger charge is 2.23. The summed E-state index contributed by atoms with van der Waals surface area (Å²) in [6.45, 7) is 3.93. The normalized spacial score (nSPS) is 15.7. The molecule has 1 fully saturated rings. The van der Waals surface area contributed by atoms with Crippen LogP contribution in [0, 0.1) is 0 Å². The van der Waals surface area contributed by atoms with Crippen LogP contribution < -0.4 is 0 Å². The lowest BCUT2D eigenvalue weighted by Gasteiger charge is -2.34. The number of benzene rings is 1. The Hall–Kier alpha value is -2.37. The highest BCUT2D eigenvalue weighted by Crippen LogP contribution is 2.15. The molecule has 2 aromatic rings. The van der Waals surface area contributed by atoms with E-state index in [2.05, 4.69) is 10.2 Å². The third kappa shape index (κ3) is 2.24. The van der Waals surface area contributed by atoms with Gasteiger partial charge in [0.1, 0.15) is 0 Å². The third-order valence-electron chi connectivity index (χ3n) is 3.70. The molecule has 3 rings (SSSR count). The van der Waals surface area contributed by atoms with E-state index < -0.39 is 0 Å². The molecule has 0 radical (unpaired) electrons. The molecule has 1 N–H and O–H groups in total. The highest BCUT2D eigenvalue weighted by atomic mass is 16.2. The zero-order valence-electron chi connectivity index (χ0n) is 11.3. The fourth-order valence-corrected chi connectivity index (χ4v) is 2.48. The zero-order valence-corrected chi connectivity index (χ0v) is 11.3. The Bertz CT molecular complexity index is 656. The van der Waals surface area contributed by atoms with Crippen LogP contribution in [0.4, 0.5) is 0 Å². The van der Waals surface area contributed by atoms with Gasteiger partial charge in [0.15, 0.2) is 0 Å². The Morgan fingerprint density at radius 3 is 2.55 bits per heavy atom. The van der Waals surface area contributed by atoms with Crippen molar-refractivity contribution < 1.29 is 9.59 Å². The Morgan fingerprint density at radius 1 is 1.15 bits per heavy atom. The van der Waals surface area contributed by atoms with E-state index in [1.165, 1.54) is 0 Å². The molecule has 20 heavy (non-hydrogen) atoms. The number of piperazine rings is 1. The average molecular weight is 272 g/mol. The van der Waals surface area contributed by atoms with Crippen LogP contribution in [0.1, 0.15) is 17.3 Å². The van der Waals surface area contributed by atoms with Crippen molar-refractivity contribution in [2.75, 3.05) is 26.2 Å². The molecule has 0 unspecified atom stereocenters. The topological polar surface area (TPSA) is 69.3 Å². The first-order valence-electron chi connectivity index (χ1n) is 6.63. The van der Waals surface area contributed by atoms with E-state index in [9.17, 15) is 9.59 Å². The molecule has 6 heteroatoms. The zero-order chi connectivity index (χ0) is 14.1. The van der Waals surface area contributed by atoms with Gasteiger partial charge < -0.3 is 9.80 Å². The summed E-state index contributed by atoms with van der Waals surface area (Å²) in [4.78, 5) is 27.3. The van der Waals surface area contributed by atoms with Gasteiger partial charge in [-0.1, -0.05) is 6.07 Å². The quantitative estimate of drug-likeness (QED) is 0.837. The molecule has 0 saturated carbocycles. The fraction of sp³-hybridized carbons (Fsp3) is 0.357. The first-order valence-corrected chi connectivity index (χ1v) is 6.63. The van der Waals surface area contributed by atoms with Crippen molar-refractivity contribution in [2.45, 2.75) is 6.92 Å². The van der Waals surface area contributed by atoms with Crippen LogP contribution in [-0.2, 0) is 4.79 Å². The number of fused-ring (bicyclic) bond motifs is 1. The van der Waals surface area contributed by atoms with Crippen molar-refractivity contribution in [1.29, 1.82) is 0 Å². The monoisotopic (exact) mass is 272 g/mol. The van der Waals surface area contributed by atoms with Crippen molar-refractivity contribution >= 4 is 22.7 Å². The van der Waals surface area contributed by atoms with Crippen LogP contribution in [0.15, 0.2) is 24.4 Å². The summed E-state index contributed by atoms with van der Waals surface area (Å²) in [5.41, 5.74) is 1.51. The maximum Gasteiger partial charge on any atom is 0.254 e. The van der Waals surface area contributed by atoms with E-state index in [1.807, 2.05) is 18.2 Å². The Labute approximate surface area is 116 Å². The largest absolute Gasteiger partial charge is 0.339 e. The molecule has 2 amide bonds. The van der Waals surface area contributed by atoms with Crippen LogP contribution in [0.2, 0.25) is 0 Å². The van der Waals surface area contributed by atoms with Gasteiger partial charge in [0.05, 0.1) is 11.7 Å². The van der Waals surface area contributed by atoms with Crippen LogP contribution in [0.25, 0.3) is 10.9 Å². The second kappa shape index (κ2) is 4.96. The van der Waals surface area contributed by atoms with Gasteiger partial charge in [-0.05, 0) is 12.1 Å². The molecule has 0 spiro atoms. The number of aromatic nitrogens is 2. The molecular formula is C14H16N4O2. The van der Waals surface area contributed by atoms with E-state index in [0.717, 1.165) is 10.9 Å². The molecule has 1 aromatic heterocycles. The van der Waals surface area contributed by atoms with Crippen molar-refractivity contribution in [3.63, 3.8) is 0 Å². The van der Waals surface area contributed by atoms with Crippen molar-refractivity contribution in [2.24, 2.45) is 0 Å². The van der Waals surface area contributed by atoms with E-state index in [4.69, 9.17) is 0 Å². The number of nitrogens with zero attached hydrogens (tertiary/aromatic N) is 3. The number of aromatic amines is 1. The molecule has 0 bridgehead atoms. The van der Waals surface area contributed by atoms with Gasteiger partial charge in [0.2, 0.25) is 5.91 Å². The third-order valence-corrected chi connectivity index (χ3v) is 3.70. The predicted octanol–water partition coefficient (Wildman–Crippen LogP) is 0.867. The minimum atomic E-state index is 0.00435. The molecule has 104 valence electrons. The van der Waals surface area contributed by atoms with E-state index in [0.29, 0.717) is 31.7 Å². The van der Waals surface area contributed by atoms with Gasteiger partial charge in [0.25, 0.3) is 5.91 Å². The van der Waals surface area contributed by atoms with Crippen molar-refractivity contribution in [1.82, 2.24) is 20.0 Å². The summed E-state index contributed by atoms with van der Waals surface area (Å²) in [7, 11) is 0. The van der Waals surface area contributed by atoms with Crippen LogP contribution in [-0.4, -0.2) is 58.0 Å². The number of hydrogen-bond donors (Lipinski definition) is 1. The minimum absolute atomic E-state index is 0.00435. The van der Waals surface area contributed by atoms with Gasteiger partial charge in [-0.25, -0.2) is 0 Å². The van der Waals surface area contributed by atoms with E-state index >= 15 is 0 Å². The van der Waals surface area contributed by atoms with Crippen LogP contribution in [0.5, 0.6) is 0 Å². The predicted molar refractivity (Wildman–Crippen MR) is 74.3 cm³/mol. The maximum absolute atomic E-state index is 12.4. The fourth-order valence-electron chi connectivity index (χ4n) is 2.48. The number of carbonyl (C=O) groups excluding carboxylic acids is 2. The van der Waals surface area contributed by atoms with Gasteiger partial charge >= 0.3 is 0 Å². The second-order valence-corrected chi connectivity index (χ2v) is 4.97. The first kappa shape index (κ1) is 12.7. The minimum Gasteiger partial charge on any atom is -0.339 e. The standard InChI is InChI=1S/C14H16N4O2/c1-10(19)17-4-6-18(7-5-17)14(20)11-2-3-12-9-15-16-13(12)8-11/h2-3,8-9H,4-7H2,1H3,(H,15,16). The smallest absolute Gasteiger partial charge is 0.254 e. The number of H-pyrrole nitrogens is 1. The molecule has 2 heterocycles. The second-order valence-electron chi connectivity index (χ2n) is 4.97. The molecular weight excluding hydrogens is 256 g/mol. The van der Waals surface area contributed by atoms with Gasteiger partial charge in [-0.2, -0.15) is 5.10 Å². The molecule has 1 aromatic carbocycles. The SMILES string of the molecule is CC(=O)N1CCN(C(=O)c2ccc3cn[nH]c3c2)CC1. The Kier molecular flexibility index (Phi) is 3.14. The summed E-state index contributed by atoms with van der Waals surface area (Å²) in [6, 6.07) is 5.53. The summed E-state index contributed by atoms with van der Waals surface area (Å²) >= 11 is 0. The summed E-state index contributed by atoms with van der Waals surface area (Å²) in [6.07, 6.45) is 1.73. The van der Waals surface area contributed by atoms with Crippen molar-refractivity contribution in [3.8, 4) is 0 Å². The Morgan fingerprint density at radius 2 is 1.85 bits per heavy atom. The first-order chi connectivity index (χ1) is 9.65. The van der Waals surface area contributed by atoms with Gasteiger partial charge in [-0.3, -0.25) is 14.7 Å². The Balaban J connectivity index is 1.74. The molecule has 1 aliphatic rings. The lowest BCUT2D eigenvalue weighted by atomic mass is 10.1. The van der Waals surface area contributed by atoms with Crippen LogP contribution >= 0.6 is 0 Å². The summed E-state index contributed by atoms with van der Waals surface area (Å²) in [5, 5.41) is 7.80. The van der Waals surface area contributed by atoms with Gasteiger partial charge in [0, 0.05) is 44.1 Å². The highest BCUT2D eigenvalue weighted by molar-refractivity contribution is 5.97. The van der Waals surface area contributed by atoms with E-state index in [1.54, 1.807) is 22.9 Å². The molecule has 1 aliphatic heterocycles. The van der Waals surface area contributed by atoms with Gasteiger partial charge in [-0.15, -0.1) is 0 Å². The number of carbonyl (C=O) groups is 2. The molecule has 0 aliphatic carbocycles. The number of amides is 2. The number of rotatable bonds is 1. The van der Waals surface area contributed by atoms with Crippen molar-refractivity contribution in [3.05, 3.63) is 30.0 Å². The number of nitrogens with one attached hydrogen (secondary N) is 1. The van der Waals surface area contributed by atoms with Crippen LogP contribution in [0.3, 0.4) is 0 Å².